The molecule has 0 saturated carbocycles. The Labute approximate surface area is 79.9 Å². The second kappa shape index (κ2) is 3.97. The van der Waals surface area contributed by atoms with Crippen molar-refractivity contribution < 1.29 is 4.74 Å². The quantitative estimate of drug-likeness (QED) is 0.565. The normalized spacial score (nSPS) is 33.6. The number of nitrogens with zero attached hydrogens (tertiary/aromatic N) is 1. The number of fused-ring (bicyclic) bond motifs is 1. The molecule has 2 heteroatoms. The van der Waals surface area contributed by atoms with E-state index in [1.807, 2.05) is 6.26 Å². The molecule has 0 aliphatic carbocycles. The summed E-state index contributed by atoms with van der Waals surface area (Å²) in [6.45, 7) is 2.31. The highest BCUT2D eigenvalue weighted by Gasteiger charge is 2.19. The van der Waals surface area contributed by atoms with E-state index in [9.17, 15) is 0 Å². The van der Waals surface area contributed by atoms with Crippen LogP contribution < -0.4 is 0 Å². The maximum Gasteiger partial charge on any atom is 0.107 e. The van der Waals surface area contributed by atoms with E-state index in [-0.39, 0.29) is 0 Å². The molecule has 72 valence electrons. The molecule has 0 aromatic heterocycles. The zero-order valence-corrected chi connectivity index (χ0v) is 8.20. The van der Waals surface area contributed by atoms with Gasteiger partial charge in [0.05, 0.1) is 12.2 Å². The van der Waals surface area contributed by atoms with E-state index in [2.05, 4.69) is 24.1 Å². The summed E-state index contributed by atoms with van der Waals surface area (Å²) in [4.78, 5) is 2.39. The summed E-state index contributed by atoms with van der Waals surface area (Å²) in [5, 5.41) is 0. The van der Waals surface area contributed by atoms with Crippen LogP contribution in [0.1, 0.15) is 19.3 Å². The van der Waals surface area contributed by atoms with Crippen molar-refractivity contribution in [2.45, 2.75) is 19.3 Å². The van der Waals surface area contributed by atoms with Crippen LogP contribution in [0.5, 0.6) is 0 Å². The average molecular weight is 179 g/mol. The van der Waals surface area contributed by atoms with E-state index >= 15 is 0 Å². The Morgan fingerprint density at radius 1 is 1.46 bits per heavy atom. The van der Waals surface area contributed by atoms with E-state index in [1.165, 1.54) is 25.8 Å². The van der Waals surface area contributed by atoms with Crippen molar-refractivity contribution >= 4 is 0 Å². The molecular weight excluding hydrogens is 162 g/mol. The van der Waals surface area contributed by atoms with Gasteiger partial charge >= 0.3 is 0 Å². The molecule has 0 aromatic carbocycles. The molecule has 0 N–H and O–H groups in total. The van der Waals surface area contributed by atoms with Crippen LogP contribution in [-0.2, 0) is 4.74 Å². The Morgan fingerprint density at radius 2 is 2.38 bits per heavy atom. The molecule has 0 amide bonds. The van der Waals surface area contributed by atoms with E-state index in [4.69, 9.17) is 4.74 Å². The Balaban J connectivity index is 2.06. The minimum absolute atomic E-state index is 0.503. The van der Waals surface area contributed by atoms with Gasteiger partial charge in [0.2, 0.25) is 0 Å². The first-order chi connectivity index (χ1) is 6.36. The topological polar surface area (TPSA) is 12.5 Å². The number of ether oxygens (including phenoxy) is 1. The van der Waals surface area contributed by atoms with Crippen LogP contribution >= 0.6 is 0 Å². The van der Waals surface area contributed by atoms with Gasteiger partial charge in [-0.05, 0) is 45.0 Å². The van der Waals surface area contributed by atoms with Crippen molar-refractivity contribution in [1.29, 1.82) is 0 Å². The van der Waals surface area contributed by atoms with Crippen LogP contribution in [0.25, 0.3) is 0 Å². The van der Waals surface area contributed by atoms with Crippen molar-refractivity contribution in [2.75, 3.05) is 20.1 Å². The third-order valence-corrected chi connectivity index (χ3v) is 2.73. The van der Waals surface area contributed by atoms with Gasteiger partial charge in [0.25, 0.3) is 0 Å². The molecule has 13 heavy (non-hydrogen) atoms. The molecule has 0 bridgehead atoms. The van der Waals surface area contributed by atoms with Crippen molar-refractivity contribution in [1.82, 2.24) is 4.90 Å². The molecule has 0 radical (unpaired) electrons. The molecule has 0 spiro atoms. The molecule has 1 unspecified atom stereocenters. The summed E-state index contributed by atoms with van der Waals surface area (Å²) in [5.74, 6) is 1.66. The fraction of sp³-hybridized carbons (Fsp3) is 0.636. The number of hydrogen-bond acceptors (Lipinski definition) is 2. The van der Waals surface area contributed by atoms with Gasteiger partial charge < -0.3 is 9.64 Å². The first kappa shape index (κ1) is 8.82. The third-order valence-electron chi connectivity index (χ3n) is 2.73. The second-order valence-corrected chi connectivity index (χ2v) is 3.92. The number of hydrogen-bond donors (Lipinski definition) is 0. The van der Waals surface area contributed by atoms with Crippen LogP contribution in [0.2, 0.25) is 0 Å². The van der Waals surface area contributed by atoms with Crippen molar-refractivity contribution in [3.05, 3.63) is 24.2 Å². The zero-order valence-electron chi connectivity index (χ0n) is 8.20. The Hall–Kier alpha value is -0.760. The molecule has 2 heterocycles. The highest BCUT2D eigenvalue weighted by atomic mass is 16.5. The van der Waals surface area contributed by atoms with Gasteiger partial charge in [-0.25, -0.2) is 0 Å². The van der Waals surface area contributed by atoms with Gasteiger partial charge in [0, 0.05) is 6.54 Å². The summed E-state index contributed by atoms with van der Waals surface area (Å²) in [5.41, 5.74) is 0. The molecule has 0 saturated heterocycles. The van der Waals surface area contributed by atoms with Crippen LogP contribution in [0.4, 0.5) is 0 Å². The Morgan fingerprint density at radius 3 is 3.31 bits per heavy atom. The molecule has 2 rings (SSSR count). The molecule has 0 fully saturated rings. The maximum atomic E-state index is 5.45. The number of allylic oxidation sites excluding steroid dienone is 1. The summed E-state index contributed by atoms with van der Waals surface area (Å²) < 4.78 is 5.45. The largest absolute Gasteiger partial charge is 0.469 e. The van der Waals surface area contributed by atoms with E-state index in [1.54, 1.807) is 0 Å². The van der Waals surface area contributed by atoms with E-state index < -0.39 is 0 Å². The molecule has 2 nitrogen and oxygen atoms in total. The first-order valence-corrected chi connectivity index (χ1v) is 5.08. The average Bonchev–Trinajstić information content (AvgIpc) is 2.52. The summed E-state index contributed by atoms with van der Waals surface area (Å²) in [6, 6.07) is 0. The first-order valence-electron chi connectivity index (χ1n) is 5.08. The van der Waals surface area contributed by atoms with Crippen LogP contribution in [0.3, 0.4) is 0 Å². The van der Waals surface area contributed by atoms with Crippen LogP contribution in [0.15, 0.2) is 24.2 Å². The molecule has 0 aromatic rings. The minimum atomic E-state index is 0.503. The van der Waals surface area contributed by atoms with Gasteiger partial charge in [-0.15, -0.1) is 0 Å². The summed E-state index contributed by atoms with van der Waals surface area (Å²) >= 11 is 0. The van der Waals surface area contributed by atoms with Gasteiger partial charge in [-0.3, -0.25) is 0 Å². The maximum absolute atomic E-state index is 5.45. The van der Waals surface area contributed by atoms with Crippen LogP contribution in [0, 0.1) is 5.92 Å². The third kappa shape index (κ3) is 2.13. The fourth-order valence-electron chi connectivity index (χ4n) is 1.94. The zero-order chi connectivity index (χ0) is 9.10. The summed E-state index contributed by atoms with van der Waals surface area (Å²) in [7, 11) is 2.19. The monoisotopic (exact) mass is 179 g/mol. The molecule has 2 aliphatic heterocycles. The summed E-state index contributed by atoms with van der Waals surface area (Å²) in [6.07, 6.45) is 9.99. The molecular formula is C11H17NO. The highest BCUT2D eigenvalue weighted by molar-refractivity contribution is 5.14. The highest BCUT2D eigenvalue weighted by Crippen LogP contribution is 2.24. The molecule has 2 aliphatic rings. The lowest BCUT2D eigenvalue weighted by Crippen LogP contribution is -2.25. The van der Waals surface area contributed by atoms with E-state index in [0.29, 0.717) is 5.92 Å². The minimum Gasteiger partial charge on any atom is -0.469 e. The second-order valence-electron chi connectivity index (χ2n) is 3.92. The fourth-order valence-corrected chi connectivity index (χ4v) is 1.94. The number of rotatable bonds is 0. The SMILES string of the molecule is CN1CCCC/C=C2/OC=CC2C1. The lowest BCUT2D eigenvalue weighted by molar-refractivity contribution is 0.277. The van der Waals surface area contributed by atoms with Gasteiger partial charge in [-0.2, -0.15) is 0 Å². The van der Waals surface area contributed by atoms with Gasteiger partial charge in [0.15, 0.2) is 0 Å². The lowest BCUT2D eigenvalue weighted by atomic mass is 10.1. The predicted molar refractivity (Wildman–Crippen MR) is 53.1 cm³/mol. The van der Waals surface area contributed by atoms with Gasteiger partial charge in [0.1, 0.15) is 5.76 Å². The van der Waals surface area contributed by atoms with Crippen molar-refractivity contribution in [3.63, 3.8) is 0 Å². The smallest absolute Gasteiger partial charge is 0.107 e. The van der Waals surface area contributed by atoms with Gasteiger partial charge in [-0.1, -0.05) is 0 Å². The predicted octanol–water partition coefficient (Wildman–Crippen LogP) is 2.15. The van der Waals surface area contributed by atoms with E-state index in [0.717, 1.165) is 12.3 Å². The standard InChI is InChI=1S/C11H17NO/c1-12-7-4-2-3-5-11-10(9-12)6-8-13-11/h5-6,8,10H,2-4,7,9H2,1H3/b11-5+. The molecule has 1 atom stereocenters. The van der Waals surface area contributed by atoms with Crippen molar-refractivity contribution in [2.24, 2.45) is 5.92 Å². The van der Waals surface area contributed by atoms with Crippen molar-refractivity contribution in [3.8, 4) is 0 Å². The van der Waals surface area contributed by atoms with Crippen LogP contribution in [-0.4, -0.2) is 25.0 Å². The Bertz CT molecular complexity index is 232. The Kier molecular flexibility index (Phi) is 2.69. The lowest BCUT2D eigenvalue weighted by Gasteiger charge is -2.18.